The zero-order valence-corrected chi connectivity index (χ0v) is 18.4. The smallest absolute Gasteiger partial charge is 0.261 e. The Morgan fingerprint density at radius 1 is 1.09 bits per heavy atom. The summed E-state index contributed by atoms with van der Waals surface area (Å²) >= 11 is 0. The molecule has 5 atom stereocenters. The van der Waals surface area contributed by atoms with Gasteiger partial charge in [0, 0.05) is 12.0 Å². The lowest BCUT2D eigenvalue weighted by Crippen LogP contribution is -2.62. The number of rotatable bonds is 3. The summed E-state index contributed by atoms with van der Waals surface area (Å²) in [7, 11) is 0. The molecule has 8 heteroatoms. The number of hydrogen-bond donors (Lipinski definition) is 1. The van der Waals surface area contributed by atoms with Crippen molar-refractivity contribution >= 4 is 28.4 Å². The van der Waals surface area contributed by atoms with Crippen LogP contribution in [0.3, 0.4) is 0 Å². The Morgan fingerprint density at radius 2 is 1.82 bits per heavy atom. The number of piperidine rings is 1. The average Bonchev–Trinajstić information content (AvgIpc) is 3.29. The molecule has 3 aliphatic rings. The number of hydrogen-bond acceptors (Lipinski definition) is 5. The summed E-state index contributed by atoms with van der Waals surface area (Å²) in [6.45, 7) is 3.92. The highest BCUT2D eigenvalue weighted by Crippen LogP contribution is 2.56. The molecule has 3 aliphatic heterocycles. The van der Waals surface area contributed by atoms with Crippen LogP contribution in [0, 0.1) is 5.92 Å². The number of nitrogens with zero attached hydrogens (tertiary/aromatic N) is 4. The van der Waals surface area contributed by atoms with Crippen LogP contribution < -0.4 is 10.5 Å². The van der Waals surface area contributed by atoms with Crippen LogP contribution in [0.4, 0.5) is 5.69 Å². The van der Waals surface area contributed by atoms with Crippen LogP contribution in [0.5, 0.6) is 0 Å². The van der Waals surface area contributed by atoms with Gasteiger partial charge < -0.3 is 10.0 Å². The molecule has 168 valence electrons. The lowest BCUT2D eigenvalue weighted by Gasteiger charge is -2.45. The Hall–Kier alpha value is -3.52. The fourth-order valence-corrected chi connectivity index (χ4v) is 5.83. The number of amides is 2. The van der Waals surface area contributed by atoms with E-state index in [1.807, 2.05) is 32.0 Å². The first-order valence-electron chi connectivity index (χ1n) is 11.3. The maximum absolute atomic E-state index is 13.9. The molecule has 1 aromatic heterocycles. The van der Waals surface area contributed by atoms with Crippen molar-refractivity contribution in [1.82, 2.24) is 14.5 Å². The van der Waals surface area contributed by atoms with Gasteiger partial charge in [0.1, 0.15) is 23.9 Å². The minimum atomic E-state index is -1.49. The minimum absolute atomic E-state index is 0.0130. The van der Waals surface area contributed by atoms with Gasteiger partial charge in [-0.15, -0.1) is 0 Å². The number of carbonyl (C=O) groups excluding carboxylic acids is 2. The predicted octanol–water partition coefficient (Wildman–Crippen LogP) is 2.16. The molecule has 0 radical (unpaired) electrons. The Morgan fingerprint density at radius 3 is 2.61 bits per heavy atom. The van der Waals surface area contributed by atoms with Crippen LogP contribution in [0.2, 0.25) is 0 Å². The number of para-hydroxylation sites is 2. The second-order valence-corrected chi connectivity index (χ2v) is 9.29. The second-order valence-electron chi connectivity index (χ2n) is 9.29. The van der Waals surface area contributed by atoms with Gasteiger partial charge in [-0.1, -0.05) is 50.6 Å². The highest BCUT2D eigenvalue weighted by atomic mass is 16.3. The van der Waals surface area contributed by atoms with Gasteiger partial charge >= 0.3 is 0 Å². The van der Waals surface area contributed by atoms with Crippen LogP contribution in [-0.4, -0.2) is 43.6 Å². The van der Waals surface area contributed by atoms with E-state index in [1.165, 1.54) is 15.8 Å². The monoisotopic (exact) mass is 444 g/mol. The Bertz CT molecular complexity index is 1380. The van der Waals surface area contributed by atoms with Crippen LogP contribution in [-0.2, 0) is 15.2 Å². The molecule has 33 heavy (non-hydrogen) atoms. The van der Waals surface area contributed by atoms with Gasteiger partial charge in [0.05, 0.1) is 22.9 Å². The molecule has 3 aromatic rings. The number of carbonyl (C=O) groups is 2. The third kappa shape index (κ3) is 2.44. The number of aromatic nitrogens is 2. The molecule has 0 aliphatic carbocycles. The fourth-order valence-electron chi connectivity index (χ4n) is 5.83. The zero-order valence-electron chi connectivity index (χ0n) is 18.4. The van der Waals surface area contributed by atoms with Gasteiger partial charge in [0.2, 0.25) is 5.91 Å². The fraction of sp³-hybridized carbons (Fsp3) is 0.360. The van der Waals surface area contributed by atoms with Crippen LogP contribution in [0.1, 0.15) is 38.3 Å². The van der Waals surface area contributed by atoms with Gasteiger partial charge in [-0.3, -0.25) is 23.9 Å². The maximum atomic E-state index is 13.9. The second kappa shape index (κ2) is 6.74. The van der Waals surface area contributed by atoms with Crippen LogP contribution in [0.15, 0.2) is 59.7 Å². The van der Waals surface area contributed by atoms with Crippen LogP contribution >= 0.6 is 0 Å². The molecule has 2 amide bonds. The van der Waals surface area contributed by atoms with Crippen molar-refractivity contribution in [2.75, 3.05) is 4.90 Å². The largest absolute Gasteiger partial charge is 0.381 e. The lowest BCUT2D eigenvalue weighted by molar-refractivity contribution is -0.160. The first-order chi connectivity index (χ1) is 15.9. The number of fused-ring (bicyclic) bond motifs is 4. The molecular weight excluding hydrogens is 420 g/mol. The van der Waals surface area contributed by atoms with Gasteiger partial charge in [0.15, 0.2) is 0 Å². The van der Waals surface area contributed by atoms with E-state index >= 15 is 0 Å². The predicted molar refractivity (Wildman–Crippen MR) is 121 cm³/mol. The maximum Gasteiger partial charge on any atom is 0.261 e. The Labute approximate surface area is 190 Å². The van der Waals surface area contributed by atoms with Crippen molar-refractivity contribution < 1.29 is 14.7 Å². The van der Waals surface area contributed by atoms with E-state index in [1.54, 1.807) is 35.2 Å². The highest BCUT2D eigenvalue weighted by molar-refractivity contribution is 6.07. The summed E-state index contributed by atoms with van der Waals surface area (Å²) in [6.07, 6.45) is 1.25. The van der Waals surface area contributed by atoms with Crippen molar-refractivity contribution in [3.05, 3.63) is 70.8 Å². The van der Waals surface area contributed by atoms with E-state index in [2.05, 4.69) is 4.98 Å². The van der Waals surface area contributed by atoms with Crippen molar-refractivity contribution in [3.8, 4) is 0 Å². The first-order valence-corrected chi connectivity index (χ1v) is 11.3. The van der Waals surface area contributed by atoms with Crippen molar-refractivity contribution in [3.63, 3.8) is 0 Å². The number of aliphatic hydroxyl groups is 1. The van der Waals surface area contributed by atoms with E-state index in [4.69, 9.17) is 0 Å². The lowest BCUT2D eigenvalue weighted by atomic mass is 9.81. The molecule has 6 rings (SSSR count). The van der Waals surface area contributed by atoms with Gasteiger partial charge in [-0.2, -0.15) is 0 Å². The van der Waals surface area contributed by atoms with Crippen molar-refractivity contribution in [2.24, 2.45) is 5.92 Å². The average molecular weight is 444 g/mol. The third-order valence-corrected chi connectivity index (χ3v) is 7.61. The van der Waals surface area contributed by atoms with Gasteiger partial charge in [-0.25, -0.2) is 4.98 Å². The standard InChI is InChI=1S/C25H24N4O4/c1-3-14(2)20-23(32)28-18-11-7-5-9-16(18)25(33)12-19(22(31)29(20)24(25)28)27-13-26-17-10-6-4-8-15(17)21(27)30/h4-11,13-14,19-20,24,33H,3,12H2,1-2H3/t14-,19-,20+,24+,25+/m0/s1. The first kappa shape index (κ1) is 20.1. The molecule has 2 saturated heterocycles. The SMILES string of the molecule is CC[C@H](C)[C@@H]1C(=O)N2c3ccccc3[C@]3(O)C[C@H](n4cnc5ccccc5c4=O)C(=O)N1[C@@H]23. The third-order valence-electron chi connectivity index (χ3n) is 7.61. The Kier molecular flexibility index (Phi) is 4.11. The minimum Gasteiger partial charge on any atom is -0.381 e. The molecular formula is C25H24N4O4. The van der Waals surface area contributed by atoms with E-state index in [0.717, 1.165) is 0 Å². The molecule has 2 fully saturated rings. The number of benzene rings is 2. The Balaban J connectivity index is 1.57. The van der Waals surface area contributed by atoms with E-state index in [0.29, 0.717) is 28.6 Å². The topological polar surface area (TPSA) is 95.7 Å². The van der Waals surface area contributed by atoms with Crippen LogP contribution in [0.25, 0.3) is 10.9 Å². The molecule has 0 bridgehead atoms. The molecule has 1 N–H and O–H groups in total. The summed E-state index contributed by atoms with van der Waals surface area (Å²) in [6, 6.07) is 12.6. The number of anilines is 1. The molecule has 2 aromatic carbocycles. The zero-order chi connectivity index (χ0) is 23.1. The molecule has 8 nitrogen and oxygen atoms in total. The summed E-state index contributed by atoms with van der Waals surface area (Å²) in [4.78, 5) is 48.4. The summed E-state index contributed by atoms with van der Waals surface area (Å²) < 4.78 is 1.32. The molecule has 4 heterocycles. The van der Waals surface area contributed by atoms with Crippen molar-refractivity contribution in [1.29, 1.82) is 0 Å². The summed E-state index contributed by atoms with van der Waals surface area (Å²) in [5.74, 6) is -0.623. The van der Waals surface area contributed by atoms with E-state index in [-0.39, 0.29) is 29.7 Å². The van der Waals surface area contributed by atoms with Crippen molar-refractivity contribution in [2.45, 2.75) is 50.5 Å². The molecule has 0 spiro atoms. The van der Waals surface area contributed by atoms with E-state index in [9.17, 15) is 19.5 Å². The normalized spacial score (nSPS) is 28.9. The van der Waals surface area contributed by atoms with Gasteiger partial charge in [0.25, 0.3) is 11.5 Å². The highest BCUT2D eigenvalue weighted by Gasteiger charge is 2.67. The summed E-state index contributed by atoms with van der Waals surface area (Å²) in [5.41, 5.74) is -0.0453. The van der Waals surface area contributed by atoms with Gasteiger partial charge in [-0.05, 0) is 24.1 Å². The molecule has 0 saturated carbocycles. The summed E-state index contributed by atoms with van der Waals surface area (Å²) in [5, 5.41) is 12.5. The molecule has 0 unspecified atom stereocenters. The van der Waals surface area contributed by atoms with E-state index < -0.39 is 23.9 Å². The quantitative estimate of drug-likeness (QED) is 0.668.